The maximum atomic E-state index is 13.0. The molecule has 1 aliphatic rings. The molecule has 1 aliphatic carbocycles. The first-order valence-electron chi connectivity index (χ1n) is 6.89. The first kappa shape index (κ1) is 15.9. The van der Waals surface area contributed by atoms with E-state index in [2.05, 4.69) is 6.07 Å². The highest BCUT2D eigenvalue weighted by Crippen LogP contribution is 2.62. The van der Waals surface area contributed by atoms with Crippen LogP contribution in [0.5, 0.6) is 0 Å². The topological polar surface area (TPSA) is 67.2 Å². The Morgan fingerprint density at radius 2 is 1.95 bits per heavy atom. The maximum Gasteiger partial charge on any atom is 0.155 e. The number of nitriles is 1. The van der Waals surface area contributed by atoms with Gasteiger partial charge in [0.2, 0.25) is 0 Å². The summed E-state index contributed by atoms with van der Waals surface area (Å²) in [5, 5.41) is 8.75. The summed E-state index contributed by atoms with van der Waals surface area (Å²) < 4.78 is 42.9. The zero-order chi connectivity index (χ0) is 15.7. The Hall–Kier alpha value is -1.45. The lowest BCUT2D eigenvalue weighted by Gasteiger charge is -2.09. The molecule has 0 heterocycles. The molecule has 0 radical (unpaired) electrons. The molecule has 114 valence electrons. The van der Waals surface area contributed by atoms with Gasteiger partial charge in [-0.3, -0.25) is 0 Å². The van der Waals surface area contributed by atoms with Gasteiger partial charge >= 0.3 is 0 Å². The molecule has 1 saturated carbocycles. The Morgan fingerprint density at radius 3 is 2.43 bits per heavy atom. The second-order valence-electron chi connectivity index (χ2n) is 5.19. The summed E-state index contributed by atoms with van der Waals surface area (Å²) >= 11 is 0. The van der Waals surface area contributed by atoms with Gasteiger partial charge in [0.25, 0.3) is 0 Å². The molecule has 6 heteroatoms. The standard InChI is InChI=1S/C15H18FNO3S/c1-3-20-10-15(9-17)13(14(15)21(18,19)4-2)11-5-7-12(16)8-6-11/h5-8,13-14H,3-4,10H2,1-2H3/t13-,14+,15-/m1/s1. The SMILES string of the molecule is CCOC[C@]1(C#N)[C@H](c2ccc(F)cc2)[C@@H]1S(=O)(=O)CC. The van der Waals surface area contributed by atoms with Crippen molar-refractivity contribution in [1.82, 2.24) is 0 Å². The van der Waals surface area contributed by atoms with Crippen molar-refractivity contribution < 1.29 is 17.5 Å². The predicted octanol–water partition coefficient (Wildman–Crippen LogP) is 2.27. The van der Waals surface area contributed by atoms with Gasteiger partial charge < -0.3 is 4.74 Å². The van der Waals surface area contributed by atoms with Crippen molar-refractivity contribution in [2.24, 2.45) is 5.41 Å². The van der Waals surface area contributed by atoms with Crippen LogP contribution in [0.1, 0.15) is 25.3 Å². The van der Waals surface area contributed by atoms with Crippen LogP contribution in [0, 0.1) is 22.6 Å². The average molecular weight is 311 g/mol. The van der Waals surface area contributed by atoms with Gasteiger partial charge in [-0.1, -0.05) is 19.1 Å². The number of nitrogens with zero attached hydrogens (tertiary/aromatic N) is 1. The monoisotopic (exact) mass is 311 g/mol. The molecule has 4 nitrogen and oxygen atoms in total. The first-order valence-corrected chi connectivity index (χ1v) is 8.60. The van der Waals surface area contributed by atoms with Crippen molar-refractivity contribution in [2.75, 3.05) is 19.0 Å². The highest BCUT2D eigenvalue weighted by atomic mass is 32.2. The van der Waals surface area contributed by atoms with Crippen molar-refractivity contribution in [3.63, 3.8) is 0 Å². The van der Waals surface area contributed by atoms with E-state index >= 15 is 0 Å². The molecule has 0 bridgehead atoms. The number of ether oxygens (including phenoxy) is 1. The van der Waals surface area contributed by atoms with E-state index in [1.165, 1.54) is 12.1 Å². The lowest BCUT2D eigenvalue weighted by molar-refractivity contribution is 0.117. The molecule has 0 amide bonds. The second-order valence-corrected chi connectivity index (χ2v) is 7.60. The fraction of sp³-hybridized carbons (Fsp3) is 0.533. The maximum absolute atomic E-state index is 13.0. The van der Waals surface area contributed by atoms with Gasteiger partial charge in [-0.2, -0.15) is 5.26 Å². The molecule has 1 aromatic rings. The van der Waals surface area contributed by atoms with Crippen LogP contribution in [0.4, 0.5) is 4.39 Å². The van der Waals surface area contributed by atoms with E-state index < -0.39 is 26.4 Å². The van der Waals surface area contributed by atoms with E-state index in [0.29, 0.717) is 12.2 Å². The molecule has 0 aliphatic heterocycles. The molecule has 0 N–H and O–H groups in total. The zero-order valence-corrected chi connectivity index (χ0v) is 12.9. The summed E-state index contributed by atoms with van der Waals surface area (Å²) in [6, 6.07) is 7.80. The van der Waals surface area contributed by atoms with Crippen molar-refractivity contribution in [1.29, 1.82) is 5.26 Å². The van der Waals surface area contributed by atoms with E-state index in [1.54, 1.807) is 26.0 Å². The van der Waals surface area contributed by atoms with Crippen LogP contribution in [0.3, 0.4) is 0 Å². The van der Waals surface area contributed by atoms with E-state index in [9.17, 15) is 18.1 Å². The van der Waals surface area contributed by atoms with E-state index in [0.717, 1.165) is 0 Å². The third kappa shape index (κ3) is 2.68. The number of benzene rings is 1. The van der Waals surface area contributed by atoms with E-state index in [4.69, 9.17) is 4.74 Å². The largest absolute Gasteiger partial charge is 0.380 e. The lowest BCUT2D eigenvalue weighted by atomic mass is 10.0. The molecule has 0 aromatic heterocycles. The molecule has 1 aromatic carbocycles. The van der Waals surface area contributed by atoms with Gasteiger partial charge in [-0.05, 0) is 24.6 Å². The van der Waals surface area contributed by atoms with Crippen LogP contribution >= 0.6 is 0 Å². The summed E-state index contributed by atoms with van der Waals surface area (Å²) in [6.45, 7) is 3.85. The number of hydrogen-bond donors (Lipinski definition) is 0. The van der Waals surface area contributed by atoms with Gasteiger partial charge in [0.15, 0.2) is 9.84 Å². The number of sulfone groups is 1. The molecule has 0 saturated heterocycles. The Morgan fingerprint density at radius 1 is 1.33 bits per heavy atom. The smallest absolute Gasteiger partial charge is 0.155 e. The van der Waals surface area contributed by atoms with Crippen molar-refractivity contribution >= 4 is 9.84 Å². The highest BCUT2D eigenvalue weighted by Gasteiger charge is 2.71. The Labute approximate surface area is 124 Å². The van der Waals surface area contributed by atoms with Crippen LogP contribution in [0.15, 0.2) is 24.3 Å². The summed E-state index contributed by atoms with van der Waals surface area (Å²) in [5.41, 5.74) is -0.400. The quantitative estimate of drug-likeness (QED) is 0.808. The minimum Gasteiger partial charge on any atom is -0.380 e. The van der Waals surface area contributed by atoms with Crippen LogP contribution in [-0.2, 0) is 14.6 Å². The summed E-state index contributed by atoms with van der Waals surface area (Å²) in [5.74, 6) is -0.869. The minimum absolute atomic E-state index is 0.0229. The predicted molar refractivity (Wildman–Crippen MR) is 76.9 cm³/mol. The van der Waals surface area contributed by atoms with Gasteiger partial charge in [-0.15, -0.1) is 0 Å². The molecular formula is C15H18FNO3S. The minimum atomic E-state index is -3.38. The van der Waals surface area contributed by atoms with Crippen molar-refractivity contribution in [3.8, 4) is 6.07 Å². The molecule has 21 heavy (non-hydrogen) atoms. The van der Waals surface area contributed by atoms with E-state index in [1.807, 2.05) is 0 Å². The molecule has 3 atom stereocenters. The summed E-state index contributed by atoms with van der Waals surface area (Å²) in [6.07, 6.45) is 0. The Bertz CT molecular complexity index is 650. The molecule has 2 rings (SSSR count). The summed E-state index contributed by atoms with van der Waals surface area (Å²) in [7, 11) is -3.38. The Balaban J connectivity index is 2.42. The number of hydrogen-bond acceptors (Lipinski definition) is 4. The fourth-order valence-electron chi connectivity index (χ4n) is 2.86. The van der Waals surface area contributed by atoms with Crippen LogP contribution in [0.25, 0.3) is 0 Å². The van der Waals surface area contributed by atoms with Crippen LogP contribution in [0.2, 0.25) is 0 Å². The number of rotatable bonds is 6. The van der Waals surface area contributed by atoms with E-state index in [-0.39, 0.29) is 18.2 Å². The fourth-order valence-corrected chi connectivity index (χ4v) is 4.87. The van der Waals surface area contributed by atoms with Gasteiger partial charge in [-0.25, -0.2) is 12.8 Å². The third-order valence-electron chi connectivity index (χ3n) is 4.03. The third-order valence-corrected chi connectivity index (χ3v) is 6.30. The van der Waals surface area contributed by atoms with Gasteiger partial charge in [0.05, 0.1) is 17.9 Å². The molecule has 0 spiro atoms. The van der Waals surface area contributed by atoms with Gasteiger partial charge in [0.1, 0.15) is 11.2 Å². The van der Waals surface area contributed by atoms with Crippen molar-refractivity contribution in [2.45, 2.75) is 25.0 Å². The average Bonchev–Trinajstić information content (AvgIpc) is 3.16. The molecule has 1 fully saturated rings. The first-order chi connectivity index (χ1) is 9.93. The molecule has 0 unspecified atom stereocenters. The lowest BCUT2D eigenvalue weighted by Crippen LogP contribution is -2.20. The summed E-state index contributed by atoms with van der Waals surface area (Å²) in [4.78, 5) is 0. The Kier molecular flexibility index (Phi) is 4.35. The second kappa shape index (κ2) is 5.74. The van der Waals surface area contributed by atoms with Gasteiger partial charge in [0, 0.05) is 18.3 Å². The number of halogens is 1. The highest BCUT2D eigenvalue weighted by molar-refractivity contribution is 7.92. The normalized spacial score (nSPS) is 28.1. The van der Waals surface area contributed by atoms with Crippen LogP contribution in [-0.4, -0.2) is 32.6 Å². The molecular weight excluding hydrogens is 293 g/mol. The zero-order valence-electron chi connectivity index (χ0n) is 12.0. The van der Waals surface area contributed by atoms with Crippen LogP contribution < -0.4 is 0 Å². The van der Waals surface area contributed by atoms with Crippen molar-refractivity contribution in [3.05, 3.63) is 35.6 Å².